The Kier molecular flexibility index (Phi) is 4.27. The normalized spacial score (nSPS) is 11.1. The fourth-order valence-corrected chi connectivity index (χ4v) is 2.18. The molecule has 0 spiro atoms. The molecule has 1 N–H and O–H groups in total. The fraction of sp³-hybridized carbons (Fsp3) is 0.231. The van der Waals surface area contributed by atoms with Crippen molar-refractivity contribution in [1.82, 2.24) is 5.16 Å². The van der Waals surface area contributed by atoms with Gasteiger partial charge in [0, 0.05) is 11.8 Å². The summed E-state index contributed by atoms with van der Waals surface area (Å²) >= 11 is 0. The summed E-state index contributed by atoms with van der Waals surface area (Å²) in [6, 6.07) is 7.69. The molecule has 2 rings (SSSR count). The lowest BCUT2D eigenvalue weighted by Crippen LogP contribution is -2.11. The highest BCUT2D eigenvalue weighted by Gasteiger charge is 2.11. The van der Waals surface area contributed by atoms with Gasteiger partial charge in [-0.2, -0.15) is 0 Å². The van der Waals surface area contributed by atoms with Gasteiger partial charge in [0.25, 0.3) is 0 Å². The summed E-state index contributed by atoms with van der Waals surface area (Å²) in [5.74, 6) is -0.146. The van der Waals surface area contributed by atoms with Gasteiger partial charge in [0.2, 0.25) is 10.0 Å². The minimum Gasteiger partial charge on any atom is -0.454 e. The first-order valence-corrected chi connectivity index (χ1v) is 7.90. The van der Waals surface area contributed by atoms with E-state index in [1.165, 1.54) is 18.2 Å². The third-order valence-corrected chi connectivity index (χ3v) is 3.03. The van der Waals surface area contributed by atoms with Gasteiger partial charge in [0.05, 0.1) is 17.5 Å². The van der Waals surface area contributed by atoms with Crippen molar-refractivity contribution in [1.29, 1.82) is 0 Å². The molecule has 1 heterocycles. The van der Waals surface area contributed by atoms with Crippen LogP contribution in [-0.2, 0) is 21.4 Å². The molecule has 0 amide bonds. The van der Waals surface area contributed by atoms with Crippen molar-refractivity contribution in [2.45, 2.75) is 13.5 Å². The molecule has 0 aliphatic carbocycles. The van der Waals surface area contributed by atoms with Crippen molar-refractivity contribution in [3.63, 3.8) is 0 Å². The lowest BCUT2D eigenvalue weighted by Gasteiger charge is -2.06. The van der Waals surface area contributed by atoms with Gasteiger partial charge < -0.3 is 9.26 Å². The fourth-order valence-electron chi connectivity index (χ4n) is 1.63. The van der Waals surface area contributed by atoms with E-state index in [1.807, 2.05) is 0 Å². The largest absolute Gasteiger partial charge is 0.454 e. The molecule has 0 unspecified atom stereocenters. The van der Waals surface area contributed by atoms with Gasteiger partial charge in [-0.25, -0.2) is 13.2 Å². The molecule has 0 aliphatic heterocycles. The van der Waals surface area contributed by atoms with E-state index in [2.05, 4.69) is 9.88 Å². The van der Waals surface area contributed by atoms with E-state index in [1.54, 1.807) is 19.1 Å². The van der Waals surface area contributed by atoms with Gasteiger partial charge in [-0.05, 0) is 25.1 Å². The van der Waals surface area contributed by atoms with Crippen LogP contribution in [0.3, 0.4) is 0 Å². The molecular weight excluding hydrogens is 296 g/mol. The van der Waals surface area contributed by atoms with Gasteiger partial charge >= 0.3 is 5.97 Å². The first-order chi connectivity index (χ1) is 9.83. The number of hydrogen-bond acceptors (Lipinski definition) is 6. The molecule has 0 atom stereocenters. The van der Waals surface area contributed by atoms with Crippen molar-refractivity contribution in [3.05, 3.63) is 47.3 Å². The second-order valence-electron chi connectivity index (χ2n) is 4.47. The quantitative estimate of drug-likeness (QED) is 0.844. The Morgan fingerprint density at radius 3 is 2.76 bits per heavy atom. The minimum absolute atomic E-state index is 0.0383. The molecule has 0 fully saturated rings. The maximum Gasteiger partial charge on any atom is 0.338 e. The second kappa shape index (κ2) is 5.96. The Balaban J connectivity index is 2.03. The highest BCUT2D eigenvalue weighted by atomic mass is 32.2. The number of anilines is 1. The number of aryl methyl sites for hydroxylation is 1. The molecule has 0 bridgehead atoms. The number of aromatic nitrogens is 1. The zero-order chi connectivity index (χ0) is 15.5. The lowest BCUT2D eigenvalue weighted by atomic mass is 10.2. The van der Waals surface area contributed by atoms with Crippen molar-refractivity contribution < 1.29 is 22.5 Å². The molecule has 0 saturated carbocycles. The van der Waals surface area contributed by atoms with Crippen LogP contribution >= 0.6 is 0 Å². The first kappa shape index (κ1) is 15.0. The number of nitrogens with zero attached hydrogens (tertiary/aromatic N) is 1. The number of rotatable bonds is 5. The maximum atomic E-state index is 11.9. The van der Waals surface area contributed by atoms with Gasteiger partial charge in [0.1, 0.15) is 0 Å². The van der Waals surface area contributed by atoms with Crippen LogP contribution in [0.4, 0.5) is 5.69 Å². The van der Waals surface area contributed by atoms with E-state index < -0.39 is 16.0 Å². The molecule has 7 nitrogen and oxygen atoms in total. The van der Waals surface area contributed by atoms with Crippen molar-refractivity contribution in [2.75, 3.05) is 11.0 Å². The van der Waals surface area contributed by atoms with Crippen LogP contribution in [0, 0.1) is 6.92 Å². The van der Waals surface area contributed by atoms with E-state index in [9.17, 15) is 13.2 Å². The molecule has 0 saturated heterocycles. The van der Waals surface area contributed by atoms with Gasteiger partial charge in [-0.1, -0.05) is 11.2 Å². The molecule has 2 aromatic rings. The summed E-state index contributed by atoms with van der Waals surface area (Å²) < 4.78 is 34.6. The number of carbonyl (C=O) groups excluding carboxylic acids is 1. The summed E-state index contributed by atoms with van der Waals surface area (Å²) in [7, 11) is -3.40. The van der Waals surface area contributed by atoms with E-state index >= 15 is 0 Å². The van der Waals surface area contributed by atoms with E-state index in [4.69, 9.17) is 9.26 Å². The van der Waals surface area contributed by atoms with Crippen molar-refractivity contribution in [2.24, 2.45) is 0 Å². The number of hydrogen-bond donors (Lipinski definition) is 1. The monoisotopic (exact) mass is 310 g/mol. The summed E-state index contributed by atoms with van der Waals surface area (Å²) in [5.41, 5.74) is 1.22. The average Bonchev–Trinajstić information content (AvgIpc) is 2.80. The average molecular weight is 310 g/mol. The number of sulfonamides is 1. The van der Waals surface area contributed by atoms with Gasteiger partial charge in [-0.15, -0.1) is 0 Å². The van der Waals surface area contributed by atoms with Crippen LogP contribution < -0.4 is 4.72 Å². The van der Waals surface area contributed by atoms with Crippen LogP contribution in [0.5, 0.6) is 0 Å². The van der Waals surface area contributed by atoms with Crippen LogP contribution in [-0.4, -0.2) is 25.8 Å². The maximum absolute atomic E-state index is 11.9. The summed E-state index contributed by atoms with van der Waals surface area (Å²) in [4.78, 5) is 11.9. The summed E-state index contributed by atoms with van der Waals surface area (Å²) in [5, 5.41) is 3.68. The third kappa shape index (κ3) is 4.60. The highest BCUT2D eigenvalue weighted by molar-refractivity contribution is 7.92. The van der Waals surface area contributed by atoms with Crippen LogP contribution in [0.15, 0.2) is 34.9 Å². The predicted molar refractivity (Wildman–Crippen MR) is 75.3 cm³/mol. The topological polar surface area (TPSA) is 98.5 Å². The Hall–Kier alpha value is -2.35. The van der Waals surface area contributed by atoms with Gasteiger partial charge in [-0.3, -0.25) is 4.72 Å². The Morgan fingerprint density at radius 1 is 1.38 bits per heavy atom. The molecule has 0 radical (unpaired) electrons. The molecule has 8 heteroatoms. The zero-order valence-electron chi connectivity index (χ0n) is 11.5. The number of nitrogens with one attached hydrogen (secondary N) is 1. The molecular formula is C13H14N2O5S. The van der Waals surface area contributed by atoms with Crippen LogP contribution in [0.25, 0.3) is 0 Å². The Bertz CT molecular complexity index is 751. The van der Waals surface area contributed by atoms with E-state index in [0.717, 1.165) is 6.26 Å². The van der Waals surface area contributed by atoms with Crippen molar-refractivity contribution in [3.8, 4) is 0 Å². The van der Waals surface area contributed by atoms with Gasteiger partial charge in [0.15, 0.2) is 12.4 Å². The lowest BCUT2D eigenvalue weighted by molar-refractivity contribution is 0.0437. The van der Waals surface area contributed by atoms with Crippen molar-refractivity contribution >= 4 is 21.7 Å². The first-order valence-electron chi connectivity index (χ1n) is 6.01. The Morgan fingerprint density at radius 2 is 2.14 bits per heavy atom. The minimum atomic E-state index is -3.40. The molecule has 112 valence electrons. The highest BCUT2D eigenvalue weighted by Crippen LogP contribution is 2.14. The number of esters is 1. The molecule has 1 aromatic carbocycles. The van der Waals surface area contributed by atoms with Crippen LogP contribution in [0.1, 0.15) is 21.8 Å². The number of carbonyl (C=O) groups is 1. The molecule has 0 aliphatic rings. The number of ether oxygens (including phenoxy) is 1. The predicted octanol–water partition coefficient (Wildman–Crippen LogP) is 1.71. The van der Waals surface area contributed by atoms with E-state index in [-0.39, 0.29) is 12.2 Å². The standard InChI is InChI=1S/C13H14N2O5S/c1-9-6-12(20-14-9)8-19-13(16)10-4-3-5-11(7-10)15-21(2,17)18/h3-7,15H,8H2,1-2H3. The second-order valence-corrected chi connectivity index (χ2v) is 6.21. The molecule has 1 aromatic heterocycles. The summed E-state index contributed by atoms with van der Waals surface area (Å²) in [6.45, 7) is 1.72. The van der Waals surface area contributed by atoms with E-state index in [0.29, 0.717) is 17.1 Å². The number of benzene rings is 1. The zero-order valence-corrected chi connectivity index (χ0v) is 12.3. The van der Waals surface area contributed by atoms with Crippen LogP contribution in [0.2, 0.25) is 0 Å². The smallest absolute Gasteiger partial charge is 0.338 e. The summed E-state index contributed by atoms with van der Waals surface area (Å²) in [6.07, 6.45) is 1.03. The SMILES string of the molecule is Cc1cc(COC(=O)c2cccc(NS(C)(=O)=O)c2)on1. The Labute approximate surface area is 121 Å². The third-order valence-electron chi connectivity index (χ3n) is 2.42. The molecule has 21 heavy (non-hydrogen) atoms.